The molecule has 4 heteroatoms. The van der Waals surface area contributed by atoms with Gasteiger partial charge in [-0.1, -0.05) is 6.08 Å². The van der Waals surface area contributed by atoms with Gasteiger partial charge in [0.1, 0.15) is 5.82 Å². The van der Waals surface area contributed by atoms with Gasteiger partial charge in [-0.15, -0.1) is 6.58 Å². The van der Waals surface area contributed by atoms with Crippen LogP contribution >= 0.6 is 0 Å². The molecule has 0 fully saturated rings. The Balaban J connectivity index is 3.27. The van der Waals surface area contributed by atoms with Crippen molar-refractivity contribution in [2.45, 2.75) is 6.04 Å². The van der Waals surface area contributed by atoms with Gasteiger partial charge in [-0.05, 0) is 6.07 Å². The Morgan fingerprint density at radius 3 is 2.46 bits per heavy atom. The highest BCUT2D eigenvalue weighted by molar-refractivity contribution is 5.25. The Bertz CT molecular complexity index is 336. The molecule has 1 aromatic carbocycles. The topological polar surface area (TPSA) is 26.0 Å². The van der Waals surface area contributed by atoms with E-state index in [0.717, 1.165) is 6.07 Å². The van der Waals surface area contributed by atoms with E-state index in [1.807, 2.05) is 0 Å². The van der Waals surface area contributed by atoms with Crippen LogP contribution in [0.2, 0.25) is 0 Å². The Labute approximate surface area is 73.7 Å². The Morgan fingerprint density at radius 1 is 1.31 bits per heavy atom. The van der Waals surface area contributed by atoms with Gasteiger partial charge in [0.15, 0.2) is 11.6 Å². The van der Waals surface area contributed by atoms with E-state index < -0.39 is 23.5 Å². The summed E-state index contributed by atoms with van der Waals surface area (Å²) in [6.07, 6.45) is 1.21. The third-order valence-electron chi connectivity index (χ3n) is 1.63. The second-order valence-electron chi connectivity index (χ2n) is 2.55. The molecule has 70 valence electrons. The van der Waals surface area contributed by atoms with Gasteiger partial charge < -0.3 is 5.73 Å². The summed E-state index contributed by atoms with van der Waals surface area (Å²) in [4.78, 5) is 0. The quantitative estimate of drug-likeness (QED) is 0.558. The average molecular weight is 187 g/mol. The molecule has 0 saturated heterocycles. The smallest absolute Gasteiger partial charge is 0.164 e. The van der Waals surface area contributed by atoms with Gasteiger partial charge in [-0.3, -0.25) is 0 Å². The van der Waals surface area contributed by atoms with E-state index in [1.165, 1.54) is 6.08 Å². The first-order valence-electron chi connectivity index (χ1n) is 3.59. The summed E-state index contributed by atoms with van der Waals surface area (Å²) < 4.78 is 38.2. The molecule has 0 saturated carbocycles. The molecule has 0 aromatic heterocycles. The second kappa shape index (κ2) is 3.62. The van der Waals surface area contributed by atoms with Crippen molar-refractivity contribution in [2.75, 3.05) is 0 Å². The lowest BCUT2D eigenvalue weighted by Crippen LogP contribution is -2.10. The first-order chi connectivity index (χ1) is 6.06. The van der Waals surface area contributed by atoms with E-state index in [2.05, 4.69) is 6.58 Å². The Kier molecular flexibility index (Phi) is 2.72. The fourth-order valence-corrected chi connectivity index (χ4v) is 0.945. The standard InChI is InChI=1S/C9H8F3N/c1-2-8(13)6-3-5(10)4-7(11)9(6)12/h2-4,8H,1,13H2. The molecule has 1 unspecified atom stereocenters. The van der Waals surface area contributed by atoms with Crippen molar-refractivity contribution >= 4 is 0 Å². The first kappa shape index (κ1) is 9.80. The molecule has 0 bridgehead atoms. The SMILES string of the molecule is C=CC(N)c1cc(F)cc(F)c1F. The van der Waals surface area contributed by atoms with E-state index in [0.29, 0.717) is 6.07 Å². The zero-order valence-corrected chi connectivity index (χ0v) is 6.73. The number of rotatable bonds is 2. The summed E-state index contributed by atoms with van der Waals surface area (Å²) in [7, 11) is 0. The van der Waals surface area contributed by atoms with E-state index in [9.17, 15) is 13.2 Å². The van der Waals surface area contributed by atoms with Crippen LogP contribution in [0.1, 0.15) is 11.6 Å². The number of hydrogen-bond acceptors (Lipinski definition) is 1. The number of halogens is 3. The van der Waals surface area contributed by atoms with Gasteiger partial charge >= 0.3 is 0 Å². The lowest BCUT2D eigenvalue weighted by atomic mass is 10.1. The van der Waals surface area contributed by atoms with Crippen LogP contribution in [0, 0.1) is 17.5 Å². The minimum atomic E-state index is -1.24. The molecular formula is C9H8F3N. The van der Waals surface area contributed by atoms with E-state index in [4.69, 9.17) is 5.73 Å². The molecule has 1 atom stereocenters. The van der Waals surface area contributed by atoms with Gasteiger partial charge in [0.25, 0.3) is 0 Å². The normalized spacial score (nSPS) is 12.6. The molecule has 2 N–H and O–H groups in total. The third kappa shape index (κ3) is 1.89. The molecule has 0 aliphatic rings. The first-order valence-corrected chi connectivity index (χ1v) is 3.59. The molecular weight excluding hydrogens is 179 g/mol. The summed E-state index contributed by atoms with van der Waals surface area (Å²) in [6, 6.07) is 0.421. The van der Waals surface area contributed by atoms with Crippen molar-refractivity contribution in [3.05, 3.63) is 47.8 Å². The van der Waals surface area contributed by atoms with Crippen molar-refractivity contribution < 1.29 is 13.2 Å². The summed E-state index contributed by atoms with van der Waals surface area (Å²) >= 11 is 0. The van der Waals surface area contributed by atoms with E-state index in [1.54, 1.807) is 0 Å². The number of hydrogen-bond donors (Lipinski definition) is 1. The van der Waals surface area contributed by atoms with Crippen molar-refractivity contribution in [3.63, 3.8) is 0 Å². The molecule has 0 spiro atoms. The zero-order valence-electron chi connectivity index (χ0n) is 6.73. The number of nitrogens with two attached hydrogens (primary N) is 1. The Hall–Kier alpha value is -1.29. The Morgan fingerprint density at radius 2 is 1.92 bits per heavy atom. The fraction of sp³-hybridized carbons (Fsp3) is 0.111. The molecule has 1 nitrogen and oxygen atoms in total. The lowest BCUT2D eigenvalue weighted by Gasteiger charge is -2.08. The van der Waals surface area contributed by atoms with Crippen LogP contribution in [0.15, 0.2) is 24.8 Å². The van der Waals surface area contributed by atoms with Crippen LogP contribution < -0.4 is 5.73 Å². The molecule has 0 amide bonds. The predicted octanol–water partition coefficient (Wildman–Crippen LogP) is 2.29. The minimum Gasteiger partial charge on any atom is -0.321 e. The average Bonchev–Trinajstić information content (AvgIpc) is 2.10. The van der Waals surface area contributed by atoms with E-state index in [-0.39, 0.29) is 5.56 Å². The van der Waals surface area contributed by atoms with Crippen molar-refractivity contribution in [1.82, 2.24) is 0 Å². The van der Waals surface area contributed by atoms with Gasteiger partial charge in [0.2, 0.25) is 0 Å². The van der Waals surface area contributed by atoms with E-state index >= 15 is 0 Å². The van der Waals surface area contributed by atoms with Crippen LogP contribution in [0.5, 0.6) is 0 Å². The largest absolute Gasteiger partial charge is 0.321 e. The van der Waals surface area contributed by atoms with Crippen molar-refractivity contribution in [2.24, 2.45) is 5.73 Å². The molecule has 0 aliphatic carbocycles. The molecule has 1 rings (SSSR count). The molecule has 0 aliphatic heterocycles. The maximum absolute atomic E-state index is 12.9. The lowest BCUT2D eigenvalue weighted by molar-refractivity contribution is 0.481. The predicted molar refractivity (Wildman–Crippen MR) is 43.4 cm³/mol. The summed E-state index contributed by atoms with van der Waals surface area (Å²) in [5.74, 6) is -3.23. The molecule has 1 aromatic rings. The fourth-order valence-electron chi connectivity index (χ4n) is 0.945. The van der Waals surface area contributed by atoms with Crippen LogP contribution in [0.4, 0.5) is 13.2 Å². The molecule has 0 radical (unpaired) electrons. The van der Waals surface area contributed by atoms with Gasteiger partial charge in [0.05, 0.1) is 6.04 Å². The summed E-state index contributed by atoms with van der Waals surface area (Å²) in [6.45, 7) is 3.30. The maximum Gasteiger partial charge on any atom is 0.164 e. The zero-order chi connectivity index (χ0) is 10.0. The minimum absolute atomic E-state index is 0.229. The van der Waals surface area contributed by atoms with Crippen molar-refractivity contribution in [3.8, 4) is 0 Å². The van der Waals surface area contributed by atoms with Gasteiger partial charge in [0, 0.05) is 11.6 Å². The second-order valence-corrected chi connectivity index (χ2v) is 2.55. The van der Waals surface area contributed by atoms with Crippen LogP contribution in [0.3, 0.4) is 0 Å². The third-order valence-corrected chi connectivity index (χ3v) is 1.63. The highest BCUT2D eigenvalue weighted by Crippen LogP contribution is 2.19. The van der Waals surface area contributed by atoms with Gasteiger partial charge in [-0.2, -0.15) is 0 Å². The molecule has 0 heterocycles. The maximum atomic E-state index is 12.9. The molecule has 13 heavy (non-hydrogen) atoms. The monoisotopic (exact) mass is 187 g/mol. The van der Waals surface area contributed by atoms with Crippen molar-refractivity contribution in [1.29, 1.82) is 0 Å². The highest BCUT2D eigenvalue weighted by Gasteiger charge is 2.14. The van der Waals surface area contributed by atoms with Gasteiger partial charge in [-0.25, -0.2) is 13.2 Å². The van der Waals surface area contributed by atoms with Crippen LogP contribution in [-0.2, 0) is 0 Å². The highest BCUT2D eigenvalue weighted by atomic mass is 19.2. The summed E-state index contributed by atoms with van der Waals surface area (Å²) in [5, 5.41) is 0. The number of benzene rings is 1. The summed E-state index contributed by atoms with van der Waals surface area (Å²) in [5.41, 5.74) is 5.11. The van der Waals surface area contributed by atoms with Crippen LogP contribution in [0.25, 0.3) is 0 Å². The van der Waals surface area contributed by atoms with Crippen LogP contribution in [-0.4, -0.2) is 0 Å².